The number of carbonyl (C=O) groups excluding carboxylic acids is 2. The lowest BCUT2D eigenvalue weighted by Crippen LogP contribution is -2.64. The van der Waals surface area contributed by atoms with E-state index in [0.717, 1.165) is 24.5 Å². The summed E-state index contributed by atoms with van der Waals surface area (Å²) in [4.78, 5) is 30.9. The minimum atomic E-state index is -0.640. The highest BCUT2D eigenvalue weighted by Gasteiger charge is 2.39. The number of nitrogens with one attached hydrogen (secondary N) is 1. The summed E-state index contributed by atoms with van der Waals surface area (Å²) in [5.41, 5.74) is 0.505. The summed E-state index contributed by atoms with van der Waals surface area (Å²) in [7, 11) is 1.66. The number of nitrogens with zero attached hydrogens (tertiary/aromatic N) is 3. The summed E-state index contributed by atoms with van der Waals surface area (Å²) in [6.45, 7) is 8.35. The first-order chi connectivity index (χ1) is 12.4. The predicted octanol–water partition coefficient (Wildman–Crippen LogP) is 0.554. The van der Waals surface area contributed by atoms with Gasteiger partial charge in [0.1, 0.15) is 5.75 Å². The minimum absolute atomic E-state index is 0.0131. The molecule has 1 aromatic carbocycles. The third-order valence-corrected chi connectivity index (χ3v) is 5.41. The molecule has 0 bridgehead atoms. The van der Waals surface area contributed by atoms with Crippen LogP contribution in [-0.4, -0.2) is 80.1 Å². The number of piperazine rings is 2. The molecule has 0 unspecified atom stereocenters. The van der Waals surface area contributed by atoms with E-state index >= 15 is 0 Å². The molecular formula is C19H28N4O3. The van der Waals surface area contributed by atoms with Gasteiger partial charge in [0.05, 0.1) is 19.2 Å². The molecule has 2 fully saturated rings. The number of hydrogen-bond donors (Lipinski definition) is 1. The van der Waals surface area contributed by atoms with E-state index in [0.29, 0.717) is 32.7 Å². The monoisotopic (exact) mass is 360 g/mol. The molecule has 26 heavy (non-hydrogen) atoms. The van der Waals surface area contributed by atoms with Crippen LogP contribution in [0.3, 0.4) is 0 Å². The van der Waals surface area contributed by atoms with E-state index in [4.69, 9.17) is 4.74 Å². The van der Waals surface area contributed by atoms with Crippen molar-refractivity contribution in [3.63, 3.8) is 0 Å². The van der Waals surface area contributed by atoms with Crippen LogP contribution in [0.2, 0.25) is 0 Å². The molecule has 2 aliphatic rings. The van der Waals surface area contributed by atoms with E-state index < -0.39 is 5.54 Å². The van der Waals surface area contributed by atoms with Crippen molar-refractivity contribution >= 4 is 17.5 Å². The van der Waals surface area contributed by atoms with Crippen molar-refractivity contribution in [3.05, 3.63) is 24.3 Å². The lowest BCUT2D eigenvalue weighted by molar-refractivity contribution is -0.141. The second-order valence-corrected chi connectivity index (χ2v) is 7.30. The van der Waals surface area contributed by atoms with Gasteiger partial charge in [0.2, 0.25) is 11.8 Å². The summed E-state index contributed by atoms with van der Waals surface area (Å²) < 4.78 is 5.20. The summed E-state index contributed by atoms with van der Waals surface area (Å²) in [5, 5.41) is 2.87. The molecule has 2 amide bonds. The molecule has 0 saturated carbocycles. The molecule has 1 N–H and O–H groups in total. The Morgan fingerprint density at radius 3 is 2.38 bits per heavy atom. The average molecular weight is 360 g/mol. The van der Waals surface area contributed by atoms with Gasteiger partial charge in [-0.2, -0.15) is 0 Å². The van der Waals surface area contributed by atoms with E-state index in [1.165, 1.54) is 0 Å². The molecule has 142 valence electrons. The molecule has 0 spiro atoms. The number of rotatable bonds is 4. The fourth-order valence-corrected chi connectivity index (χ4v) is 3.49. The van der Waals surface area contributed by atoms with Gasteiger partial charge in [-0.25, -0.2) is 0 Å². The molecule has 7 heteroatoms. The molecule has 3 rings (SSSR count). The maximum atomic E-state index is 12.7. The Bertz CT molecular complexity index is 651. The van der Waals surface area contributed by atoms with Crippen molar-refractivity contribution in [2.24, 2.45) is 0 Å². The molecule has 0 radical (unpaired) electrons. The van der Waals surface area contributed by atoms with Crippen LogP contribution in [0.4, 0.5) is 5.69 Å². The van der Waals surface area contributed by atoms with Crippen LogP contribution in [0.25, 0.3) is 0 Å². The maximum Gasteiger partial charge on any atom is 0.240 e. The predicted molar refractivity (Wildman–Crippen MR) is 100 cm³/mol. The topological polar surface area (TPSA) is 65.1 Å². The summed E-state index contributed by atoms with van der Waals surface area (Å²) in [6, 6.07) is 8.00. The van der Waals surface area contributed by atoms with E-state index in [-0.39, 0.29) is 11.8 Å². The zero-order chi connectivity index (χ0) is 18.7. The first-order valence-electron chi connectivity index (χ1n) is 9.12. The smallest absolute Gasteiger partial charge is 0.240 e. The van der Waals surface area contributed by atoms with Gasteiger partial charge < -0.3 is 19.9 Å². The van der Waals surface area contributed by atoms with Gasteiger partial charge in [0.25, 0.3) is 0 Å². The van der Waals surface area contributed by atoms with Gasteiger partial charge in [-0.1, -0.05) is 0 Å². The van der Waals surface area contributed by atoms with Gasteiger partial charge in [-0.15, -0.1) is 0 Å². The van der Waals surface area contributed by atoms with E-state index in [1.807, 2.05) is 47.9 Å². The molecule has 7 nitrogen and oxygen atoms in total. The molecule has 0 atom stereocenters. The minimum Gasteiger partial charge on any atom is -0.497 e. The highest BCUT2D eigenvalue weighted by Crippen LogP contribution is 2.21. The van der Waals surface area contributed by atoms with Gasteiger partial charge in [-0.05, 0) is 38.1 Å². The van der Waals surface area contributed by atoms with Crippen LogP contribution in [0.15, 0.2) is 24.3 Å². The number of amides is 2. The van der Waals surface area contributed by atoms with Crippen molar-refractivity contribution in [3.8, 4) is 5.75 Å². The van der Waals surface area contributed by atoms with E-state index in [1.54, 1.807) is 7.11 Å². The molecule has 0 aromatic heterocycles. The Labute approximate surface area is 154 Å². The second-order valence-electron chi connectivity index (χ2n) is 7.30. The van der Waals surface area contributed by atoms with Crippen molar-refractivity contribution in [1.29, 1.82) is 0 Å². The van der Waals surface area contributed by atoms with Crippen LogP contribution in [0, 0.1) is 0 Å². The lowest BCUT2D eigenvalue weighted by Gasteiger charge is -2.42. The quantitative estimate of drug-likeness (QED) is 0.850. The fourth-order valence-electron chi connectivity index (χ4n) is 3.49. The van der Waals surface area contributed by atoms with Crippen LogP contribution < -0.4 is 15.0 Å². The Hall–Kier alpha value is -2.28. The number of hydrogen-bond acceptors (Lipinski definition) is 5. The molecule has 0 aliphatic carbocycles. The number of carbonyl (C=O) groups is 2. The normalized spacial score (nSPS) is 20.7. The van der Waals surface area contributed by atoms with Gasteiger partial charge in [-0.3, -0.25) is 14.5 Å². The highest BCUT2D eigenvalue weighted by molar-refractivity contribution is 5.87. The number of ether oxygens (including phenoxy) is 1. The van der Waals surface area contributed by atoms with Crippen molar-refractivity contribution in [2.75, 3.05) is 57.8 Å². The van der Waals surface area contributed by atoms with Crippen molar-refractivity contribution < 1.29 is 14.3 Å². The number of anilines is 1. The Morgan fingerprint density at radius 2 is 1.77 bits per heavy atom. The van der Waals surface area contributed by atoms with Crippen LogP contribution in [0.5, 0.6) is 5.75 Å². The van der Waals surface area contributed by atoms with Crippen molar-refractivity contribution in [2.45, 2.75) is 19.4 Å². The lowest BCUT2D eigenvalue weighted by atomic mass is 9.99. The van der Waals surface area contributed by atoms with Crippen molar-refractivity contribution in [1.82, 2.24) is 15.1 Å². The molecule has 2 heterocycles. The van der Waals surface area contributed by atoms with Crippen LogP contribution >= 0.6 is 0 Å². The van der Waals surface area contributed by atoms with Crippen LogP contribution in [0.1, 0.15) is 13.8 Å². The molecule has 2 aliphatic heterocycles. The molecular weight excluding hydrogens is 332 g/mol. The Balaban J connectivity index is 1.54. The van der Waals surface area contributed by atoms with E-state index in [2.05, 4.69) is 10.2 Å². The first-order valence-corrected chi connectivity index (χ1v) is 9.12. The van der Waals surface area contributed by atoms with Gasteiger partial charge >= 0.3 is 0 Å². The van der Waals surface area contributed by atoms with E-state index in [9.17, 15) is 9.59 Å². The number of benzene rings is 1. The zero-order valence-electron chi connectivity index (χ0n) is 15.8. The van der Waals surface area contributed by atoms with Gasteiger partial charge in [0, 0.05) is 45.0 Å². The fraction of sp³-hybridized carbons (Fsp3) is 0.579. The first kappa shape index (κ1) is 18.5. The Kier molecular flexibility index (Phi) is 5.36. The molecule has 1 aromatic rings. The summed E-state index contributed by atoms with van der Waals surface area (Å²) in [6.07, 6.45) is 0. The SMILES string of the molecule is COc1ccc(N2CCN(C(=O)CN3CCNC(=O)C3(C)C)CC2)cc1. The second kappa shape index (κ2) is 7.53. The highest BCUT2D eigenvalue weighted by atomic mass is 16.5. The standard InChI is InChI=1S/C19H28N4O3/c1-19(2)18(25)20-8-9-23(19)14-17(24)22-12-10-21(11-13-22)15-4-6-16(26-3)7-5-15/h4-7H,8-14H2,1-3H3,(H,20,25). The maximum absolute atomic E-state index is 12.7. The van der Waals surface area contributed by atoms with Gasteiger partial charge in [0.15, 0.2) is 0 Å². The molecule has 2 saturated heterocycles. The average Bonchev–Trinajstić information content (AvgIpc) is 2.66. The Morgan fingerprint density at radius 1 is 1.12 bits per heavy atom. The summed E-state index contributed by atoms with van der Waals surface area (Å²) >= 11 is 0. The summed E-state index contributed by atoms with van der Waals surface area (Å²) in [5.74, 6) is 0.929. The number of methoxy groups -OCH3 is 1. The third-order valence-electron chi connectivity index (χ3n) is 5.41. The third kappa shape index (κ3) is 3.77. The largest absolute Gasteiger partial charge is 0.497 e. The van der Waals surface area contributed by atoms with Crippen LogP contribution in [-0.2, 0) is 9.59 Å². The zero-order valence-corrected chi connectivity index (χ0v) is 15.8.